The van der Waals surface area contributed by atoms with E-state index in [-0.39, 0.29) is 24.8 Å². The van der Waals surface area contributed by atoms with Gasteiger partial charge in [0.25, 0.3) is 0 Å². The molecule has 2 N–H and O–H groups in total. The fourth-order valence-corrected chi connectivity index (χ4v) is 2.18. The van der Waals surface area contributed by atoms with E-state index in [0.29, 0.717) is 25.2 Å². The van der Waals surface area contributed by atoms with Crippen molar-refractivity contribution >= 4 is 27.8 Å². The van der Waals surface area contributed by atoms with E-state index in [1.165, 1.54) is 0 Å². The lowest BCUT2D eigenvalue weighted by Gasteiger charge is -2.13. The van der Waals surface area contributed by atoms with Gasteiger partial charge < -0.3 is 15.2 Å². The fourth-order valence-electron chi connectivity index (χ4n) is 1.80. The molecule has 0 saturated heterocycles. The summed E-state index contributed by atoms with van der Waals surface area (Å²) >= 11 is 3.35. The summed E-state index contributed by atoms with van der Waals surface area (Å²) in [5.41, 5.74) is 0. The maximum Gasteiger partial charge on any atom is 0.303 e. The summed E-state index contributed by atoms with van der Waals surface area (Å²) in [7, 11) is 0. The van der Waals surface area contributed by atoms with Crippen LogP contribution in [0.15, 0.2) is 28.7 Å². The van der Waals surface area contributed by atoms with Crippen molar-refractivity contribution in [2.45, 2.75) is 38.6 Å². The van der Waals surface area contributed by atoms with Crippen LogP contribution in [0.2, 0.25) is 0 Å². The van der Waals surface area contributed by atoms with Gasteiger partial charge in [-0.3, -0.25) is 9.59 Å². The maximum absolute atomic E-state index is 11.7. The first kappa shape index (κ1) is 17.5. The molecule has 1 rings (SSSR count). The Labute approximate surface area is 132 Å². The smallest absolute Gasteiger partial charge is 0.303 e. The molecule has 1 amide bonds. The monoisotopic (exact) mass is 357 g/mol. The molecule has 0 aliphatic heterocycles. The van der Waals surface area contributed by atoms with E-state index in [1.807, 2.05) is 31.2 Å². The van der Waals surface area contributed by atoms with Gasteiger partial charge in [-0.05, 0) is 38.0 Å². The van der Waals surface area contributed by atoms with Crippen LogP contribution < -0.4 is 10.1 Å². The molecule has 1 atom stereocenters. The largest absolute Gasteiger partial charge is 0.493 e. The normalized spacial score (nSPS) is 11.7. The van der Waals surface area contributed by atoms with Crippen LogP contribution in [-0.4, -0.2) is 29.6 Å². The molecule has 0 heterocycles. The lowest BCUT2D eigenvalue weighted by molar-refractivity contribution is -0.137. The fraction of sp³-hybridized carbons (Fsp3) is 0.467. The number of nitrogens with one attached hydrogen (secondary N) is 1. The Morgan fingerprint density at radius 1 is 1.38 bits per heavy atom. The first-order valence-corrected chi connectivity index (χ1v) is 7.66. The lowest BCUT2D eigenvalue weighted by atomic mass is 10.1. The van der Waals surface area contributed by atoms with Crippen LogP contribution in [0.3, 0.4) is 0 Å². The SMILES string of the molecule is CC(CCCC(=O)O)NC(=O)CCOc1cccc(Br)c1. The standard InChI is InChI=1S/C15H20BrNO4/c1-11(4-2-7-15(19)20)17-14(18)8-9-21-13-6-3-5-12(16)10-13/h3,5-6,10-11H,2,4,7-9H2,1H3,(H,17,18)(H,19,20). The Bertz CT molecular complexity index is 478. The van der Waals surface area contributed by atoms with Gasteiger partial charge in [-0.2, -0.15) is 0 Å². The van der Waals surface area contributed by atoms with Gasteiger partial charge >= 0.3 is 5.97 Å². The molecule has 1 unspecified atom stereocenters. The summed E-state index contributed by atoms with van der Waals surface area (Å²) in [4.78, 5) is 22.1. The van der Waals surface area contributed by atoms with E-state index in [0.717, 1.165) is 4.47 Å². The first-order chi connectivity index (χ1) is 9.97. The Morgan fingerprint density at radius 3 is 2.81 bits per heavy atom. The van der Waals surface area contributed by atoms with E-state index in [1.54, 1.807) is 0 Å². The van der Waals surface area contributed by atoms with E-state index >= 15 is 0 Å². The molecule has 0 saturated carbocycles. The number of carbonyl (C=O) groups excluding carboxylic acids is 1. The molecule has 0 fully saturated rings. The minimum absolute atomic E-state index is 0.0253. The number of ether oxygens (including phenoxy) is 1. The van der Waals surface area contributed by atoms with Crippen LogP contribution in [0.25, 0.3) is 0 Å². The third kappa shape index (κ3) is 8.34. The molecule has 5 nitrogen and oxygen atoms in total. The quantitative estimate of drug-likeness (QED) is 0.712. The van der Waals surface area contributed by atoms with Crippen LogP contribution in [0.1, 0.15) is 32.6 Å². The van der Waals surface area contributed by atoms with Gasteiger partial charge in [0.05, 0.1) is 13.0 Å². The zero-order valence-electron chi connectivity index (χ0n) is 12.0. The number of amides is 1. The van der Waals surface area contributed by atoms with Crippen molar-refractivity contribution in [1.82, 2.24) is 5.32 Å². The highest BCUT2D eigenvalue weighted by Gasteiger charge is 2.08. The third-order valence-electron chi connectivity index (χ3n) is 2.83. The summed E-state index contributed by atoms with van der Waals surface area (Å²) in [5.74, 6) is -0.185. The number of carboxylic acids is 1. The van der Waals surface area contributed by atoms with Crippen LogP contribution in [0.4, 0.5) is 0 Å². The van der Waals surface area contributed by atoms with Crippen molar-refractivity contribution in [3.8, 4) is 5.75 Å². The molecule has 0 aromatic heterocycles. The summed E-state index contributed by atoms with van der Waals surface area (Å²) in [6.45, 7) is 2.18. The van der Waals surface area contributed by atoms with E-state index in [2.05, 4.69) is 21.2 Å². The van der Waals surface area contributed by atoms with Crippen molar-refractivity contribution in [2.75, 3.05) is 6.61 Å². The first-order valence-electron chi connectivity index (χ1n) is 6.87. The van der Waals surface area contributed by atoms with Gasteiger partial charge in [-0.25, -0.2) is 0 Å². The number of carboxylic acid groups (broad SMARTS) is 1. The van der Waals surface area contributed by atoms with Gasteiger partial charge in [-0.1, -0.05) is 22.0 Å². The average Bonchev–Trinajstić information content (AvgIpc) is 2.38. The van der Waals surface area contributed by atoms with Crippen molar-refractivity contribution < 1.29 is 19.4 Å². The van der Waals surface area contributed by atoms with E-state index < -0.39 is 5.97 Å². The van der Waals surface area contributed by atoms with Crippen molar-refractivity contribution in [3.63, 3.8) is 0 Å². The highest BCUT2D eigenvalue weighted by molar-refractivity contribution is 9.10. The van der Waals surface area contributed by atoms with E-state index in [9.17, 15) is 9.59 Å². The third-order valence-corrected chi connectivity index (χ3v) is 3.32. The van der Waals surface area contributed by atoms with Gasteiger partial charge in [-0.15, -0.1) is 0 Å². The Morgan fingerprint density at radius 2 is 2.14 bits per heavy atom. The molecule has 6 heteroatoms. The Hall–Kier alpha value is -1.56. The van der Waals surface area contributed by atoms with Crippen LogP contribution in [0, 0.1) is 0 Å². The second kappa shape index (κ2) is 9.39. The number of benzene rings is 1. The molecule has 0 aliphatic carbocycles. The molecule has 116 valence electrons. The average molecular weight is 358 g/mol. The molecule has 1 aromatic rings. The minimum atomic E-state index is -0.809. The summed E-state index contributed by atoms with van der Waals surface area (Å²) in [6.07, 6.45) is 1.62. The predicted octanol–water partition coefficient (Wildman–Crippen LogP) is 2.98. The van der Waals surface area contributed by atoms with Crippen LogP contribution in [-0.2, 0) is 9.59 Å². The number of aliphatic carboxylic acids is 1. The number of carbonyl (C=O) groups is 2. The van der Waals surface area contributed by atoms with Gasteiger partial charge in [0, 0.05) is 16.9 Å². The molecule has 0 spiro atoms. The second-order valence-electron chi connectivity index (χ2n) is 4.81. The lowest BCUT2D eigenvalue weighted by Crippen LogP contribution is -2.33. The zero-order chi connectivity index (χ0) is 15.7. The number of hydrogen-bond acceptors (Lipinski definition) is 3. The summed E-state index contributed by atoms with van der Waals surface area (Å²) < 4.78 is 6.41. The second-order valence-corrected chi connectivity index (χ2v) is 5.73. The molecular weight excluding hydrogens is 338 g/mol. The van der Waals surface area contributed by atoms with Crippen molar-refractivity contribution in [2.24, 2.45) is 0 Å². The zero-order valence-corrected chi connectivity index (χ0v) is 13.6. The van der Waals surface area contributed by atoms with Gasteiger partial charge in [0.1, 0.15) is 5.75 Å². The molecular formula is C15H20BrNO4. The molecule has 0 bridgehead atoms. The summed E-state index contributed by atoms with van der Waals surface area (Å²) in [6, 6.07) is 7.41. The molecule has 1 aromatic carbocycles. The van der Waals surface area contributed by atoms with Crippen LogP contribution >= 0.6 is 15.9 Å². The Kier molecular flexibility index (Phi) is 7.82. The predicted molar refractivity (Wildman–Crippen MR) is 83.3 cm³/mol. The highest BCUT2D eigenvalue weighted by Crippen LogP contribution is 2.17. The number of rotatable bonds is 9. The molecule has 21 heavy (non-hydrogen) atoms. The number of halogens is 1. The van der Waals surface area contributed by atoms with Gasteiger partial charge in [0.2, 0.25) is 5.91 Å². The molecule has 0 radical (unpaired) electrons. The van der Waals surface area contributed by atoms with Crippen molar-refractivity contribution in [3.05, 3.63) is 28.7 Å². The summed E-state index contributed by atoms with van der Waals surface area (Å²) in [5, 5.41) is 11.4. The van der Waals surface area contributed by atoms with Crippen molar-refractivity contribution in [1.29, 1.82) is 0 Å². The molecule has 0 aliphatic rings. The highest BCUT2D eigenvalue weighted by atomic mass is 79.9. The van der Waals surface area contributed by atoms with Crippen LogP contribution in [0.5, 0.6) is 5.75 Å². The minimum Gasteiger partial charge on any atom is -0.493 e. The topological polar surface area (TPSA) is 75.6 Å². The Balaban J connectivity index is 2.17. The number of hydrogen-bond donors (Lipinski definition) is 2. The van der Waals surface area contributed by atoms with Gasteiger partial charge in [0.15, 0.2) is 0 Å². The van der Waals surface area contributed by atoms with E-state index in [4.69, 9.17) is 9.84 Å². The maximum atomic E-state index is 11.7.